The maximum atomic E-state index is 12.2. The van der Waals surface area contributed by atoms with Gasteiger partial charge in [0.1, 0.15) is 13.1 Å². The minimum Gasteiger partial charge on any atom is -0.286 e. The number of nitrogens with zero attached hydrogens (tertiary/aromatic N) is 2. The smallest absolute Gasteiger partial charge is 0.286 e. The van der Waals surface area contributed by atoms with Crippen LogP contribution >= 0.6 is 0 Å². The standard InChI is InChI=1S/C14H21N2O2/c17-13-11(15-7-3-1-4-8-15)14(18)12(13)16-9-5-2-6-10-16/h11H,1-10H2/q+1. The van der Waals surface area contributed by atoms with Crippen LogP contribution in [0.3, 0.4) is 0 Å². The first-order valence-corrected chi connectivity index (χ1v) is 7.23. The van der Waals surface area contributed by atoms with Crippen LogP contribution < -0.4 is 0 Å². The molecule has 2 heterocycles. The monoisotopic (exact) mass is 249 g/mol. The molecule has 2 saturated heterocycles. The van der Waals surface area contributed by atoms with Crippen molar-refractivity contribution in [3.8, 4) is 0 Å². The Hall–Kier alpha value is -1.03. The molecule has 4 heteroatoms. The highest BCUT2D eigenvalue weighted by atomic mass is 16.2. The average Bonchev–Trinajstić information content (AvgIpc) is 2.41. The number of rotatable bonds is 1. The van der Waals surface area contributed by atoms with Crippen molar-refractivity contribution in [2.24, 2.45) is 0 Å². The van der Waals surface area contributed by atoms with Gasteiger partial charge in [0.05, 0.1) is 0 Å². The van der Waals surface area contributed by atoms with E-state index in [1.807, 2.05) is 4.58 Å². The second-order valence-electron chi connectivity index (χ2n) is 5.62. The molecule has 0 spiro atoms. The molecule has 3 rings (SSSR count). The fourth-order valence-corrected chi connectivity index (χ4v) is 3.36. The van der Waals surface area contributed by atoms with Crippen LogP contribution in [0, 0.1) is 0 Å². The maximum Gasteiger partial charge on any atom is 0.291 e. The predicted molar refractivity (Wildman–Crippen MR) is 68.1 cm³/mol. The van der Waals surface area contributed by atoms with Crippen molar-refractivity contribution >= 4 is 17.3 Å². The number of ketones is 2. The van der Waals surface area contributed by atoms with Crippen molar-refractivity contribution in [1.82, 2.24) is 4.90 Å². The van der Waals surface area contributed by atoms with Gasteiger partial charge in [0.2, 0.25) is 0 Å². The van der Waals surface area contributed by atoms with Crippen molar-refractivity contribution in [3.05, 3.63) is 0 Å². The van der Waals surface area contributed by atoms with E-state index in [0.717, 1.165) is 51.9 Å². The minimum absolute atomic E-state index is 0.0869. The first kappa shape index (κ1) is 12.0. The van der Waals surface area contributed by atoms with Crippen LogP contribution in [-0.4, -0.2) is 59.0 Å². The first-order chi connectivity index (χ1) is 8.79. The molecule has 18 heavy (non-hydrogen) atoms. The Morgan fingerprint density at radius 1 is 0.833 bits per heavy atom. The second-order valence-corrected chi connectivity index (χ2v) is 5.62. The third-order valence-corrected chi connectivity index (χ3v) is 4.39. The molecule has 1 saturated carbocycles. The molecule has 0 aromatic carbocycles. The largest absolute Gasteiger partial charge is 0.291 e. The van der Waals surface area contributed by atoms with Crippen molar-refractivity contribution in [3.63, 3.8) is 0 Å². The lowest BCUT2D eigenvalue weighted by molar-refractivity contribution is -0.536. The van der Waals surface area contributed by atoms with Crippen LogP contribution in [0.4, 0.5) is 0 Å². The summed E-state index contributed by atoms with van der Waals surface area (Å²) in [6, 6.07) is -0.428. The summed E-state index contributed by atoms with van der Waals surface area (Å²) in [6.45, 7) is 3.60. The average molecular weight is 249 g/mol. The summed E-state index contributed by atoms with van der Waals surface area (Å²) in [5.41, 5.74) is 0.505. The van der Waals surface area contributed by atoms with Crippen LogP contribution in [-0.2, 0) is 9.59 Å². The van der Waals surface area contributed by atoms with Crippen molar-refractivity contribution in [2.75, 3.05) is 26.2 Å². The molecule has 2 aliphatic heterocycles. The van der Waals surface area contributed by atoms with Gasteiger partial charge in [-0.05, 0) is 32.4 Å². The van der Waals surface area contributed by atoms with Gasteiger partial charge in [-0.3, -0.25) is 14.5 Å². The van der Waals surface area contributed by atoms with Crippen LogP contribution in [0.5, 0.6) is 0 Å². The fraction of sp³-hybridized carbons (Fsp3) is 0.786. The van der Waals surface area contributed by atoms with Crippen molar-refractivity contribution in [1.29, 1.82) is 0 Å². The molecular formula is C14H21N2O2+. The Labute approximate surface area is 108 Å². The predicted octanol–water partition coefficient (Wildman–Crippen LogP) is 0.630. The van der Waals surface area contributed by atoms with E-state index in [4.69, 9.17) is 0 Å². The van der Waals surface area contributed by atoms with Gasteiger partial charge in [0.25, 0.3) is 17.3 Å². The van der Waals surface area contributed by atoms with Gasteiger partial charge in [-0.25, -0.2) is 4.58 Å². The van der Waals surface area contributed by atoms with Gasteiger partial charge < -0.3 is 0 Å². The molecule has 0 aromatic rings. The summed E-state index contributed by atoms with van der Waals surface area (Å²) in [4.78, 5) is 26.5. The number of carbonyl (C=O) groups excluding carboxylic acids is 2. The Balaban J connectivity index is 1.74. The molecule has 4 nitrogen and oxygen atoms in total. The van der Waals surface area contributed by atoms with E-state index in [1.165, 1.54) is 12.8 Å². The molecule has 3 aliphatic rings. The van der Waals surface area contributed by atoms with Crippen molar-refractivity contribution in [2.45, 2.75) is 44.6 Å². The lowest BCUT2D eigenvalue weighted by Gasteiger charge is -2.36. The summed E-state index contributed by atoms with van der Waals surface area (Å²) in [5.74, 6) is 0.174. The number of Topliss-reactive ketones (excluding diaryl/α,β-unsaturated/α-hetero) is 2. The number of carbonyl (C=O) groups is 2. The lowest BCUT2D eigenvalue weighted by Crippen LogP contribution is -2.66. The zero-order chi connectivity index (χ0) is 12.5. The van der Waals surface area contributed by atoms with Gasteiger partial charge in [0, 0.05) is 12.8 Å². The number of hydrogen-bond acceptors (Lipinski definition) is 3. The highest BCUT2D eigenvalue weighted by Gasteiger charge is 2.55. The summed E-state index contributed by atoms with van der Waals surface area (Å²) >= 11 is 0. The molecule has 0 unspecified atom stereocenters. The maximum absolute atomic E-state index is 12.2. The Morgan fingerprint density at radius 3 is 2.00 bits per heavy atom. The van der Waals surface area contributed by atoms with E-state index in [0.29, 0.717) is 5.71 Å². The van der Waals surface area contributed by atoms with Crippen LogP contribution in [0.15, 0.2) is 0 Å². The van der Waals surface area contributed by atoms with Gasteiger partial charge >= 0.3 is 0 Å². The highest BCUT2D eigenvalue weighted by molar-refractivity contribution is 6.79. The molecule has 0 N–H and O–H groups in total. The van der Waals surface area contributed by atoms with Gasteiger partial charge in [-0.15, -0.1) is 0 Å². The third kappa shape index (κ3) is 1.92. The second kappa shape index (κ2) is 4.92. The molecule has 0 atom stereocenters. The summed E-state index contributed by atoms with van der Waals surface area (Å²) in [6.07, 6.45) is 6.92. The summed E-state index contributed by atoms with van der Waals surface area (Å²) in [7, 11) is 0. The normalized spacial score (nSPS) is 30.6. The van der Waals surface area contributed by atoms with Crippen molar-refractivity contribution < 1.29 is 14.2 Å². The fourth-order valence-electron chi connectivity index (χ4n) is 3.36. The van der Waals surface area contributed by atoms with Crippen LogP contribution in [0.1, 0.15) is 38.5 Å². The van der Waals surface area contributed by atoms with Gasteiger partial charge in [-0.1, -0.05) is 6.42 Å². The molecule has 0 amide bonds. The van der Waals surface area contributed by atoms with E-state index in [9.17, 15) is 9.59 Å². The molecule has 0 aromatic heterocycles. The van der Waals surface area contributed by atoms with E-state index in [2.05, 4.69) is 4.90 Å². The zero-order valence-electron chi connectivity index (χ0n) is 10.9. The first-order valence-electron chi connectivity index (χ1n) is 7.23. The van der Waals surface area contributed by atoms with Gasteiger partial charge in [0.15, 0.2) is 6.04 Å². The van der Waals surface area contributed by atoms with E-state index >= 15 is 0 Å². The molecule has 0 bridgehead atoms. The SMILES string of the molecule is O=C1C(=[N+]2CCCCC2)C(=O)C1N1CCCCC1. The van der Waals surface area contributed by atoms with E-state index < -0.39 is 6.04 Å². The zero-order valence-corrected chi connectivity index (χ0v) is 10.9. The topological polar surface area (TPSA) is 40.4 Å². The quantitative estimate of drug-likeness (QED) is 0.505. The Morgan fingerprint density at radius 2 is 1.39 bits per heavy atom. The number of piperidine rings is 2. The summed E-state index contributed by atoms with van der Waals surface area (Å²) in [5, 5.41) is 0. The number of likely N-dealkylation sites (tertiary alicyclic amines) is 1. The Bertz CT molecular complexity index is 382. The molecule has 1 aliphatic carbocycles. The Kier molecular flexibility index (Phi) is 3.29. The van der Waals surface area contributed by atoms with Gasteiger partial charge in [-0.2, -0.15) is 0 Å². The van der Waals surface area contributed by atoms with E-state index in [-0.39, 0.29) is 11.6 Å². The number of hydrogen-bond donors (Lipinski definition) is 0. The lowest BCUT2D eigenvalue weighted by atomic mass is 9.83. The summed E-state index contributed by atoms with van der Waals surface area (Å²) < 4.78 is 2.02. The third-order valence-electron chi connectivity index (χ3n) is 4.39. The molecular weight excluding hydrogens is 228 g/mol. The van der Waals surface area contributed by atoms with Crippen LogP contribution in [0.2, 0.25) is 0 Å². The van der Waals surface area contributed by atoms with Crippen LogP contribution in [0.25, 0.3) is 0 Å². The molecule has 98 valence electrons. The van der Waals surface area contributed by atoms with E-state index in [1.54, 1.807) is 0 Å². The minimum atomic E-state index is -0.428. The molecule has 0 radical (unpaired) electrons. The molecule has 3 fully saturated rings. The highest BCUT2D eigenvalue weighted by Crippen LogP contribution is 2.21.